The van der Waals surface area contributed by atoms with Gasteiger partial charge in [-0.3, -0.25) is 14.9 Å². The van der Waals surface area contributed by atoms with Gasteiger partial charge in [0.1, 0.15) is 0 Å². The van der Waals surface area contributed by atoms with Crippen LogP contribution in [0, 0.1) is 10.1 Å². The molecule has 1 aromatic carbocycles. The van der Waals surface area contributed by atoms with E-state index in [9.17, 15) is 14.9 Å². The molecule has 1 rings (SSSR count). The van der Waals surface area contributed by atoms with Crippen LogP contribution >= 0.6 is 15.9 Å². The summed E-state index contributed by atoms with van der Waals surface area (Å²) in [6, 6.07) is 4.65. The molecule has 0 aliphatic rings. The standard InChI is InChI=1S/C11H14BrN3O3/c1-7(2)13-6-11(16)14-8-3-4-9(12)10(5-8)15(17)18/h3-5,7,13H,6H2,1-2H3,(H,14,16). The fourth-order valence-electron chi connectivity index (χ4n) is 1.23. The molecule has 0 heterocycles. The summed E-state index contributed by atoms with van der Waals surface area (Å²) in [5, 5.41) is 16.3. The van der Waals surface area contributed by atoms with Crippen molar-refractivity contribution in [2.24, 2.45) is 0 Å². The first kappa shape index (κ1) is 14.6. The average molecular weight is 316 g/mol. The normalized spacial score (nSPS) is 10.4. The van der Waals surface area contributed by atoms with Crippen molar-refractivity contribution in [1.29, 1.82) is 0 Å². The van der Waals surface area contributed by atoms with E-state index >= 15 is 0 Å². The van der Waals surface area contributed by atoms with Crippen LogP contribution in [0.1, 0.15) is 13.8 Å². The zero-order valence-electron chi connectivity index (χ0n) is 10.1. The van der Waals surface area contributed by atoms with Crippen LogP contribution < -0.4 is 10.6 Å². The molecule has 0 aliphatic heterocycles. The molecular weight excluding hydrogens is 302 g/mol. The second-order valence-electron chi connectivity index (χ2n) is 4.01. The minimum atomic E-state index is -0.508. The van der Waals surface area contributed by atoms with Crippen LogP contribution in [-0.2, 0) is 4.79 Å². The molecule has 18 heavy (non-hydrogen) atoms. The van der Waals surface area contributed by atoms with E-state index in [1.165, 1.54) is 12.1 Å². The van der Waals surface area contributed by atoms with E-state index in [2.05, 4.69) is 26.6 Å². The first-order chi connectivity index (χ1) is 8.40. The van der Waals surface area contributed by atoms with E-state index in [-0.39, 0.29) is 24.2 Å². The lowest BCUT2D eigenvalue weighted by atomic mass is 10.3. The lowest BCUT2D eigenvalue weighted by Crippen LogP contribution is -2.32. The van der Waals surface area contributed by atoms with E-state index in [1.807, 2.05) is 13.8 Å². The number of nitro benzene ring substituents is 1. The summed E-state index contributed by atoms with van der Waals surface area (Å²) < 4.78 is 0.380. The minimum Gasteiger partial charge on any atom is -0.325 e. The van der Waals surface area contributed by atoms with Gasteiger partial charge in [0.2, 0.25) is 5.91 Å². The summed E-state index contributed by atoms with van der Waals surface area (Å²) in [6.07, 6.45) is 0. The van der Waals surface area contributed by atoms with Gasteiger partial charge >= 0.3 is 0 Å². The number of hydrogen-bond donors (Lipinski definition) is 2. The molecule has 0 radical (unpaired) electrons. The molecule has 98 valence electrons. The Morgan fingerprint density at radius 2 is 2.17 bits per heavy atom. The summed E-state index contributed by atoms with van der Waals surface area (Å²) >= 11 is 3.08. The predicted molar refractivity (Wildman–Crippen MR) is 72.6 cm³/mol. The first-order valence-electron chi connectivity index (χ1n) is 5.37. The monoisotopic (exact) mass is 315 g/mol. The number of amides is 1. The van der Waals surface area contributed by atoms with Crippen LogP contribution in [0.4, 0.5) is 11.4 Å². The van der Waals surface area contributed by atoms with E-state index < -0.39 is 4.92 Å². The van der Waals surface area contributed by atoms with Gasteiger partial charge in [0.15, 0.2) is 0 Å². The van der Waals surface area contributed by atoms with E-state index in [0.29, 0.717) is 10.2 Å². The van der Waals surface area contributed by atoms with Crippen molar-refractivity contribution in [3.05, 3.63) is 32.8 Å². The van der Waals surface area contributed by atoms with Crippen LogP contribution in [0.15, 0.2) is 22.7 Å². The Labute approximate surface area is 113 Å². The highest BCUT2D eigenvalue weighted by atomic mass is 79.9. The number of nitrogens with one attached hydrogen (secondary N) is 2. The molecule has 0 spiro atoms. The van der Waals surface area contributed by atoms with Crippen molar-refractivity contribution >= 4 is 33.2 Å². The lowest BCUT2D eigenvalue weighted by Gasteiger charge is -2.09. The summed E-state index contributed by atoms with van der Waals surface area (Å²) in [7, 11) is 0. The average Bonchev–Trinajstić information content (AvgIpc) is 2.28. The molecule has 0 aromatic heterocycles. The van der Waals surface area contributed by atoms with E-state index in [1.54, 1.807) is 6.07 Å². The Morgan fingerprint density at radius 3 is 2.72 bits per heavy atom. The Kier molecular flexibility index (Phi) is 5.24. The van der Waals surface area contributed by atoms with Crippen LogP contribution in [0.5, 0.6) is 0 Å². The fraction of sp³-hybridized carbons (Fsp3) is 0.364. The van der Waals surface area contributed by atoms with Gasteiger partial charge in [-0.25, -0.2) is 0 Å². The SMILES string of the molecule is CC(C)NCC(=O)Nc1ccc(Br)c([N+](=O)[O-])c1. The van der Waals surface area contributed by atoms with Gasteiger partial charge in [0.05, 0.1) is 15.9 Å². The van der Waals surface area contributed by atoms with Crippen molar-refractivity contribution in [2.75, 3.05) is 11.9 Å². The maximum atomic E-state index is 11.5. The molecule has 0 unspecified atom stereocenters. The highest BCUT2D eigenvalue weighted by molar-refractivity contribution is 9.10. The number of rotatable bonds is 5. The molecule has 2 N–H and O–H groups in total. The van der Waals surface area contributed by atoms with E-state index in [4.69, 9.17) is 0 Å². The van der Waals surface area contributed by atoms with Crippen molar-refractivity contribution in [3.63, 3.8) is 0 Å². The Bertz CT molecular complexity index is 463. The molecule has 7 heteroatoms. The number of hydrogen-bond acceptors (Lipinski definition) is 4. The third-order valence-corrected chi connectivity index (χ3v) is 2.77. The predicted octanol–water partition coefficient (Wildman–Crippen LogP) is 2.29. The maximum absolute atomic E-state index is 11.5. The van der Waals surface area contributed by atoms with Gasteiger partial charge in [-0.1, -0.05) is 13.8 Å². The highest BCUT2D eigenvalue weighted by Crippen LogP contribution is 2.27. The van der Waals surface area contributed by atoms with Crippen molar-refractivity contribution in [1.82, 2.24) is 5.32 Å². The van der Waals surface area contributed by atoms with Crippen molar-refractivity contribution in [2.45, 2.75) is 19.9 Å². The second-order valence-corrected chi connectivity index (χ2v) is 4.86. The second kappa shape index (κ2) is 6.46. The van der Waals surface area contributed by atoms with E-state index in [0.717, 1.165) is 0 Å². The van der Waals surface area contributed by atoms with Gasteiger partial charge in [-0.2, -0.15) is 0 Å². The zero-order chi connectivity index (χ0) is 13.7. The number of nitro groups is 1. The van der Waals surface area contributed by atoms with Gasteiger partial charge in [-0.05, 0) is 28.1 Å². The van der Waals surface area contributed by atoms with Gasteiger partial charge in [-0.15, -0.1) is 0 Å². The molecule has 0 saturated carbocycles. The molecular formula is C11H14BrN3O3. The van der Waals surface area contributed by atoms with Gasteiger partial charge in [0, 0.05) is 17.8 Å². The highest BCUT2D eigenvalue weighted by Gasteiger charge is 2.13. The maximum Gasteiger partial charge on any atom is 0.285 e. The number of benzene rings is 1. The minimum absolute atomic E-state index is 0.0791. The fourth-order valence-corrected chi connectivity index (χ4v) is 1.62. The summed E-state index contributed by atoms with van der Waals surface area (Å²) in [6.45, 7) is 4.02. The summed E-state index contributed by atoms with van der Waals surface area (Å²) in [5.41, 5.74) is 0.324. The largest absolute Gasteiger partial charge is 0.325 e. The molecule has 0 atom stereocenters. The zero-order valence-corrected chi connectivity index (χ0v) is 11.7. The molecule has 1 amide bonds. The smallest absolute Gasteiger partial charge is 0.285 e. The van der Waals surface area contributed by atoms with Crippen LogP contribution in [-0.4, -0.2) is 23.4 Å². The first-order valence-corrected chi connectivity index (χ1v) is 6.16. The molecule has 0 bridgehead atoms. The third-order valence-electron chi connectivity index (χ3n) is 2.10. The Morgan fingerprint density at radius 1 is 1.50 bits per heavy atom. The molecule has 0 fully saturated rings. The summed E-state index contributed by atoms with van der Waals surface area (Å²) in [5.74, 6) is -0.236. The number of halogens is 1. The third kappa shape index (κ3) is 4.42. The number of anilines is 1. The van der Waals surface area contributed by atoms with Gasteiger partial charge < -0.3 is 10.6 Å². The molecule has 0 saturated heterocycles. The Balaban J connectivity index is 2.70. The quantitative estimate of drug-likeness (QED) is 0.645. The topological polar surface area (TPSA) is 84.3 Å². The molecule has 1 aromatic rings. The van der Waals surface area contributed by atoms with Gasteiger partial charge in [0.25, 0.3) is 5.69 Å². The number of carbonyl (C=O) groups excluding carboxylic acids is 1. The van der Waals surface area contributed by atoms with Crippen LogP contribution in [0.3, 0.4) is 0 Å². The molecule has 6 nitrogen and oxygen atoms in total. The van der Waals surface area contributed by atoms with Crippen LogP contribution in [0.25, 0.3) is 0 Å². The van der Waals surface area contributed by atoms with Crippen LogP contribution in [0.2, 0.25) is 0 Å². The molecule has 0 aliphatic carbocycles. The number of carbonyl (C=O) groups is 1. The summed E-state index contributed by atoms with van der Waals surface area (Å²) in [4.78, 5) is 21.7. The lowest BCUT2D eigenvalue weighted by molar-refractivity contribution is -0.385. The Hall–Kier alpha value is -1.47. The van der Waals surface area contributed by atoms with Crippen molar-refractivity contribution < 1.29 is 9.72 Å². The number of nitrogens with zero attached hydrogens (tertiary/aromatic N) is 1. The van der Waals surface area contributed by atoms with Crippen molar-refractivity contribution in [3.8, 4) is 0 Å².